The fraction of sp³-hybridized carbons (Fsp3) is 0.625. The van der Waals surface area contributed by atoms with Gasteiger partial charge in [0.05, 0.1) is 19.1 Å². The van der Waals surface area contributed by atoms with Crippen molar-refractivity contribution in [1.82, 2.24) is 19.9 Å². The number of carbonyl (C=O) groups excluding carboxylic acids is 1. The van der Waals surface area contributed by atoms with Gasteiger partial charge >= 0.3 is 5.97 Å². The molecule has 2 saturated heterocycles. The van der Waals surface area contributed by atoms with Crippen molar-refractivity contribution in [2.45, 2.75) is 58.0 Å². The molecule has 2 aliphatic heterocycles. The fourth-order valence-corrected chi connectivity index (χ4v) is 4.78. The number of hydrogen-bond donors (Lipinski definition) is 0. The van der Waals surface area contributed by atoms with Gasteiger partial charge < -0.3 is 9.26 Å². The summed E-state index contributed by atoms with van der Waals surface area (Å²) in [5, 5.41) is 4.16. The molecule has 7 heteroatoms. The first-order valence-corrected chi connectivity index (χ1v) is 11.7. The van der Waals surface area contributed by atoms with E-state index in [9.17, 15) is 4.79 Å². The van der Waals surface area contributed by atoms with E-state index in [1.165, 1.54) is 5.56 Å². The predicted molar refractivity (Wildman–Crippen MR) is 117 cm³/mol. The Morgan fingerprint density at radius 1 is 1.13 bits per heavy atom. The predicted octanol–water partition coefficient (Wildman–Crippen LogP) is 3.09. The van der Waals surface area contributed by atoms with Gasteiger partial charge in [0.1, 0.15) is 0 Å². The van der Waals surface area contributed by atoms with Crippen LogP contribution < -0.4 is 0 Å². The average molecular weight is 427 g/mol. The van der Waals surface area contributed by atoms with Crippen molar-refractivity contribution >= 4 is 5.97 Å². The van der Waals surface area contributed by atoms with Crippen LogP contribution in [0.3, 0.4) is 0 Å². The summed E-state index contributed by atoms with van der Waals surface area (Å²) >= 11 is 0. The van der Waals surface area contributed by atoms with Gasteiger partial charge in [0.2, 0.25) is 5.89 Å². The number of likely N-dealkylation sites (tertiary alicyclic amines) is 2. The number of carbonyl (C=O) groups is 1. The lowest BCUT2D eigenvalue weighted by Gasteiger charge is -2.41. The normalized spacial score (nSPS) is 21.3. The number of nitrogens with zero attached hydrogens (tertiary/aromatic N) is 4. The minimum Gasteiger partial charge on any atom is -0.466 e. The number of piperidine rings is 2. The highest BCUT2D eigenvalue weighted by molar-refractivity contribution is 5.72. The number of rotatable bonds is 8. The Labute approximate surface area is 184 Å². The van der Waals surface area contributed by atoms with Gasteiger partial charge in [-0.05, 0) is 51.1 Å². The molecule has 1 aromatic carbocycles. The van der Waals surface area contributed by atoms with E-state index in [0.717, 1.165) is 77.1 Å². The Balaban J connectivity index is 1.21. The smallest absolute Gasteiger partial charge is 0.310 e. The monoisotopic (exact) mass is 426 g/mol. The molecule has 1 atom stereocenters. The molecule has 1 aromatic heterocycles. The van der Waals surface area contributed by atoms with Gasteiger partial charge in [-0.15, -0.1) is 0 Å². The number of aryl methyl sites for hydroxylation is 2. The zero-order chi connectivity index (χ0) is 21.5. The van der Waals surface area contributed by atoms with E-state index in [1.54, 1.807) is 0 Å². The van der Waals surface area contributed by atoms with Crippen LogP contribution in [0.5, 0.6) is 0 Å². The maximum Gasteiger partial charge on any atom is 0.310 e. The molecule has 0 amide bonds. The maximum atomic E-state index is 12.1. The van der Waals surface area contributed by atoms with E-state index >= 15 is 0 Å². The summed E-state index contributed by atoms with van der Waals surface area (Å²) in [5.74, 6) is 1.51. The number of aromatic nitrogens is 2. The van der Waals surface area contributed by atoms with Gasteiger partial charge in [0.25, 0.3) is 0 Å². The van der Waals surface area contributed by atoms with Crippen molar-refractivity contribution < 1.29 is 14.1 Å². The summed E-state index contributed by atoms with van der Waals surface area (Å²) in [6, 6.07) is 11.0. The molecular formula is C24H34N4O3. The molecule has 7 nitrogen and oxygen atoms in total. The Hall–Kier alpha value is -2.25. The lowest BCUT2D eigenvalue weighted by atomic mass is 9.94. The third-order valence-electron chi connectivity index (χ3n) is 6.50. The Morgan fingerprint density at radius 3 is 2.71 bits per heavy atom. The van der Waals surface area contributed by atoms with Crippen molar-refractivity contribution in [3.63, 3.8) is 0 Å². The third kappa shape index (κ3) is 6.14. The molecule has 2 aliphatic rings. The Kier molecular flexibility index (Phi) is 7.70. The summed E-state index contributed by atoms with van der Waals surface area (Å²) in [6.07, 6.45) is 5.99. The van der Waals surface area contributed by atoms with Crippen LogP contribution in [-0.2, 0) is 28.9 Å². The van der Waals surface area contributed by atoms with Crippen molar-refractivity contribution in [3.05, 3.63) is 47.6 Å². The zero-order valence-electron chi connectivity index (χ0n) is 18.5. The number of hydrogen-bond acceptors (Lipinski definition) is 7. The molecule has 31 heavy (non-hydrogen) atoms. The van der Waals surface area contributed by atoms with E-state index in [-0.39, 0.29) is 11.9 Å². The second-order valence-corrected chi connectivity index (χ2v) is 8.68. The molecule has 3 heterocycles. The highest BCUT2D eigenvalue weighted by atomic mass is 16.5. The van der Waals surface area contributed by atoms with Crippen molar-refractivity contribution in [3.8, 4) is 0 Å². The molecule has 2 aromatic rings. The quantitative estimate of drug-likeness (QED) is 0.601. The molecule has 168 valence electrons. The van der Waals surface area contributed by atoms with Crippen LogP contribution >= 0.6 is 0 Å². The second kappa shape index (κ2) is 10.9. The largest absolute Gasteiger partial charge is 0.466 e. The topological polar surface area (TPSA) is 71.7 Å². The molecule has 1 unspecified atom stereocenters. The minimum atomic E-state index is -0.0240. The van der Waals surface area contributed by atoms with Gasteiger partial charge in [-0.2, -0.15) is 4.98 Å². The van der Waals surface area contributed by atoms with E-state index in [0.29, 0.717) is 18.5 Å². The van der Waals surface area contributed by atoms with E-state index in [2.05, 4.69) is 44.2 Å². The molecule has 0 spiro atoms. The number of ether oxygens (including phenoxy) is 1. The molecule has 4 rings (SSSR count). The van der Waals surface area contributed by atoms with Gasteiger partial charge in [0.15, 0.2) is 5.82 Å². The molecule has 0 radical (unpaired) electrons. The molecular weight excluding hydrogens is 392 g/mol. The van der Waals surface area contributed by atoms with E-state index in [1.807, 2.05) is 13.0 Å². The third-order valence-corrected chi connectivity index (χ3v) is 6.50. The summed E-state index contributed by atoms with van der Waals surface area (Å²) in [4.78, 5) is 21.6. The fourth-order valence-electron chi connectivity index (χ4n) is 4.78. The summed E-state index contributed by atoms with van der Waals surface area (Å²) in [7, 11) is 0. The number of benzene rings is 1. The van der Waals surface area contributed by atoms with Gasteiger partial charge in [-0.25, -0.2) is 0 Å². The van der Waals surface area contributed by atoms with Crippen LogP contribution in [0.25, 0.3) is 0 Å². The summed E-state index contributed by atoms with van der Waals surface area (Å²) in [5.41, 5.74) is 1.29. The van der Waals surface area contributed by atoms with Crippen LogP contribution in [0.15, 0.2) is 34.9 Å². The van der Waals surface area contributed by atoms with Crippen molar-refractivity contribution in [2.24, 2.45) is 5.92 Å². The second-order valence-electron chi connectivity index (χ2n) is 8.68. The van der Waals surface area contributed by atoms with Crippen molar-refractivity contribution in [2.75, 3.05) is 32.8 Å². The lowest BCUT2D eigenvalue weighted by molar-refractivity contribution is -0.150. The van der Waals surface area contributed by atoms with Crippen LogP contribution in [-0.4, -0.2) is 64.7 Å². The maximum absolute atomic E-state index is 12.1. The van der Waals surface area contributed by atoms with Gasteiger partial charge in [0, 0.05) is 32.1 Å². The summed E-state index contributed by atoms with van der Waals surface area (Å²) < 4.78 is 10.7. The van der Waals surface area contributed by atoms with Crippen LogP contribution in [0, 0.1) is 5.92 Å². The van der Waals surface area contributed by atoms with Gasteiger partial charge in [-0.1, -0.05) is 35.5 Å². The van der Waals surface area contributed by atoms with Crippen molar-refractivity contribution in [1.29, 1.82) is 0 Å². The minimum absolute atomic E-state index is 0.0240. The lowest BCUT2D eigenvalue weighted by Crippen LogP contribution is -2.49. The molecule has 0 N–H and O–H groups in total. The highest BCUT2D eigenvalue weighted by Crippen LogP contribution is 2.25. The highest BCUT2D eigenvalue weighted by Gasteiger charge is 2.32. The van der Waals surface area contributed by atoms with Gasteiger partial charge in [-0.3, -0.25) is 14.6 Å². The molecule has 2 fully saturated rings. The Morgan fingerprint density at radius 2 is 1.94 bits per heavy atom. The van der Waals surface area contributed by atoms with Crippen LogP contribution in [0.4, 0.5) is 0 Å². The van der Waals surface area contributed by atoms with E-state index < -0.39 is 0 Å². The molecule has 0 saturated carbocycles. The first-order chi connectivity index (χ1) is 15.2. The average Bonchev–Trinajstić information content (AvgIpc) is 3.26. The summed E-state index contributed by atoms with van der Waals surface area (Å²) in [6.45, 7) is 7.05. The van der Waals surface area contributed by atoms with E-state index in [4.69, 9.17) is 9.26 Å². The molecule has 0 aliphatic carbocycles. The first-order valence-electron chi connectivity index (χ1n) is 11.7. The zero-order valence-corrected chi connectivity index (χ0v) is 18.5. The number of esters is 1. The SMILES string of the molecule is CCOC(=O)C1CCCN(C2CCN(Cc3nc(CCc4ccccc4)no3)CC2)C1. The van der Waals surface area contributed by atoms with Crippen LogP contribution in [0.2, 0.25) is 0 Å². The molecule has 0 bridgehead atoms. The first kappa shape index (κ1) is 22.0. The van der Waals surface area contributed by atoms with Crippen LogP contribution in [0.1, 0.15) is 49.9 Å². The Bertz CT molecular complexity index is 817. The standard InChI is InChI=1S/C24H34N4O3/c1-2-30-24(29)20-9-6-14-28(17-20)21-12-15-27(16-13-21)18-23-25-22(26-31-23)11-10-19-7-4-3-5-8-19/h3-5,7-8,20-21H,2,6,9-18H2,1H3.